The van der Waals surface area contributed by atoms with E-state index in [4.69, 9.17) is 0 Å². The molecule has 1 amide bonds. The second-order valence-electron chi connectivity index (χ2n) is 5.58. The minimum absolute atomic E-state index is 0.00799. The van der Waals surface area contributed by atoms with Gasteiger partial charge in [-0.05, 0) is 31.0 Å². The molecule has 1 saturated heterocycles. The number of carbonyl (C=O) groups is 1. The van der Waals surface area contributed by atoms with Crippen LogP contribution in [0.5, 0.6) is 0 Å². The number of benzene rings is 1. The summed E-state index contributed by atoms with van der Waals surface area (Å²) in [5, 5.41) is 0. The maximum Gasteiger partial charge on any atom is 0.345 e. The average Bonchev–Trinajstić information content (AvgIpc) is 2.53. The number of H-pyrrole nitrogens is 1. The van der Waals surface area contributed by atoms with Crippen LogP contribution in [0, 0.1) is 11.6 Å². The van der Waals surface area contributed by atoms with Crippen molar-refractivity contribution in [3.63, 3.8) is 0 Å². The molecule has 1 atom stereocenters. The van der Waals surface area contributed by atoms with E-state index < -0.39 is 23.2 Å². The summed E-state index contributed by atoms with van der Waals surface area (Å²) >= 11 is 0. The molecule has 2 aromatic rings. The lowest BCUT2D eigenvalue weighted by molar-refractivity contribution is 0.0704. The van der Waals surface area contributed by atoms with Crippen molar-refractivity contribution in [2.24, 2.45) is 0 Å². The molecule has 5 nitrogen and oxygen atoms in total. The molecule has 3 rings (SSSR count). The number of amides is 1. The Morgan fingerprint density at radius 1 is 1.26 bits per heavy atom. The first-order valence-corrected chi connectivity index (χ1v) is 7.33. The lowest BCUT2D eigenvalue weighted by Gasteiger charge is -2.32. The van der Waals surface area contributed by atoms with E-state index in [2.05, 4.69) is 9.97 Å². The van der Waals surface area contributed by atoms with Crippen molar-refractivity contribution in [2.45, 2.75) is 18.8 Å². The summed E-state index contributed by atoms with van der Waals surface area (Å²) in [6, 6.07) is 4.51. The number of carbonyl (C=O) groups excluding carboxylic acids is 1. The summed E-state index contributed by atoms with van der Waals surface area (Å²) in [4.78, 5) is 31.6. The molecule has 1 aliphatic rings. The van der Waals surface area contributed by atoms with Crippen molar-refractivity contribution in [2.75, 3.05) is 13.1 Å². The van der Waals surface area contributed by atoms with Gasteiger partial charge in [-0.3, -0.25) is 4.79 Å². The van der Waals surface area contributed by atoms with Gasteiger partial charge in [0.25, 0.3) is 5.91 Å². The molecule has 1 aromatic carbocycles. The van der Waals surface area contributed by atoms with Crippen LogP contribution < -0.4 is 5.69 Å². The van der Waals surface area contributed by atoms with Crippen LogP contribution in [0.2, 0.25) is 0 Å². The summed E-state index contributed by atoms with van der Waals surface area (Å²) < 4.78 is 26.6. The van der Waals surface area contributed by atoms with Crippen LogP contribution in [0.1, 0.15) is 34.8 Å². The molecule has 0 bridgehead atoms. The van der Waals surface area contributed by atoms with Crippen molar-refractivity contribution in [1.29, 1.82) is 0 Å². The van der Waals surface area contributed by atoms with Crippen LogP contribution >= 0.6 is 0 Å². The Morgan fingerprint density at radius 2 is 2.00 bits per heavy atom. The van der Waals surface area contributed by atoms with Crippen LogP contribution in [-0.4, -0.2) is 33.9 Å². The summed E-state index contributed by atoms with van der Waals surface area (Å²) in [6.45, 7) is 0.902. The SMILES string of the molecule is O=C(c1cc(F)cc(F)c1)N1CCC[C@@H](c2ccnc(=O)[nH]2)C1. The van der Waals surface area contributed by atoms with Crippen molar-refractivity contribution in [1.82, 2.24) is 14.9 Å². The summed E-state index contributed by atoms with van der Waals surface area (Å²) in [5.74, 6) is -1.99. The number of likely N-dealkylation sites (tertiary alicyclic amines) is 1. The number of aromatic amines is 1. The number of piperidine rings is 1. The van der Waals surface area contributed by atoms with Gasteiger partial charge in [0.05, 0.1) is 0 Å². The minimum atomic E-state index is -0.777. The molecule has 2 heterocycles. The molecule has 120 valence electrons. The van der Waals surface area contributed by atoms with E-state index in [-0.39, 0.29) is 11.5 Å². The van der Waals surface area contributed by atoms with E-state index in [9.17, 15) is 18.4 Å². The van der Waals surface area contributed by atoms with Gasteiger partial charge in [-0.25, -0.2) is 18.6 Å². The van der Waals surface area contributed by atoms with Crippen molar-refractivity contribution in [3.8, 4) is 0 Å². The maximum absolute atomic E-state index is 13.3. The molecule has 0 radical (unpaired) electrons. The van der Waals surface area contributed by atoms with Gasteiger partial charge in [-0.15, -0.1) is 0 Å². The van der Waals surface area contributed by atoms with E-state index in [0.717, 1.165) is 31.0 Å². The quantitative estimate of drug-likeness (QED) is 0.921. The molecule has 1 aliphatic heterocycles. The highest BCUT2D eigenvalue weighted by atomic mass is 19.1. The van der Waals surface area contributed by atoms with Crippen molar-refractivity contribution in [3.05, 3.63) is 63.8 Å². The Hall–Kier alpha value is -2.57. The Kier molecular flexibility index (Phi) is 4.18. The lowest BCUT2D eigenvalue weighted by atomic mass is 9.94. The van der Waals surface area contributed by atoms with E-state index in [1.54, 1.807) is 11.0 Å². The molecule has 1 fully saturated rings. The van der Waals surface area contributed by atoms with Gasteiger partial charge >= 0.3 is 5.69 Å². The summed E-state index contributed by atoms with van der Waals surface area (Å²) in [5.41, 5.74) is 0.275. The first kappa shape index (κ1) is 15.3. The molecule has 23 heavy (non-hydrogen) atoms. The molecular formula is C16H15F2N3O2. The molecule has 0 spiro atoms. The van der Waals surface area contributed by atoms with Crippen LogP contribution in [-0.2, 0) is 0 Å². The van der Waals surface area contributed by atoms with Crippen molar-refractivity contribution < 1.29 is 13.6 Å². The van der Waals surface area contributed by atoms with E-state index in [1.807, 2.05) is 0 Å². The van der Waals surface area contributed by atoms with Gasteiger partial charge in [-0.1, -0.05) is 0 Å². The molecule has 1 N–H and O–H groups in total. The molecule has 0 saturated carbocycles. The first-order valence-electron chi connectivity index (χ1n) is 7.33. The first-order chi connectivity index (χ1) is 11.0. The zero-order valence-corrected chi connectivity index (χ0v) is 12.3. The second-order valence-corrected chi connectivity index (χ2v) is 5.58. The van der Waals surface area contributed by atoms with Crippen LogP contribution in [0.4, 0.5) is 8.78 Å². The predicted molar refractivity (Wildman–Crippen MR) is 79.1 cm³/mol. The number of rotatable bonds is 2. The number of hydrogen-bond donors (Lipinski definition) is 1. The standard InChI is InChI=1S/C16H15F2N3O2/c17-12-6-11(7-13(18)8-12)15(22)21-5-1-2-10(9-21)14-3-4-19-16(23)20-14/h3-4,6-8,10H,1-2,5,9H2,(H,19,20,23)/t10-/m1/s1. The zero-order chi connectivity index (χ0) is 16.4. The fourth-order valence-electron chi connectivity index (χ4n) is 2.90. The van der Waals surface area contributed by atoms with Gasteiger partial charge in [0.2, 0.25) is 0 Å². The third kappa shape index (κ3) is 3.44. The largest absolute Gasteiger partial charge is 0.345 e. The lowest BCUT2D eigenvalue weighted by Crippen LogP contribution is -2.39. The van der Waals surface area contributed by atoms with Gasteiger partial charge < -0.3 is 9.88 Å². The fourth-order valence-corrected chi connectivity index (χ4v) is 2.90. The Labute approximate surface area is 131 Å². The minimum Gasteiger partial charge on any atom is -0.338 e. The second kappa shape index (κ2) is 6.28. The van der Waals surface area contributed by atoms with E-state index >= 15 is 0 Å². The topological polar surface area (TPSA) is 66.1 Å². The molecular weight excluding hydrogens is 304 g/mol. The van der Waals surface area contributed by atoms with Crippen LogP contribution in [0.25, 0.3) is 0 Å². The number of nitrogens with zero attached hydrogens (tertiary/aromatic N) is 2. The third-order valence-corrected chi connectivity index (χ3v) is 3.96. The van der Waals surface area contributed by atoms with E-state index in [0.29, 0.717) is 18.8 Å². The molecule has 0 aliphatic carbocycles. The van der Waals surface area contributed by atoms with Gasteiger partial charge in [-0.2, -0.15) is 0 Å². The molecule has 1 aromatic heterocycles. The maximum atomic E-state index is 13.3. The molecule has 7 heteroatoms. The van der Waals surface area contributed by atoms with Crippen LogP contribution in [0.15, 0.2) is 35.3 Å². The predicted octanol–water partition coefficient (Wildman–Crippen LogP) is 2.07. The normalized spacial score (nSPS) is 18.0. The van der Waals surface area contributed by atoms with E-state index in [1.165, 1.54) is 6.20 Å². The number of aromatic nitrogens is 2. The smallest absolute Gasteiger partial charge is 0.338 e. The highest BCUT2D eigenvalue weighted by Gasteiger charge is 2.26. The number of hydrogen-bond acceptors (Lipinski definition) is 3. The Balaban J connectivity index is 1.80. The van der Waals surface area contributed by atoms with Crippen LogP contribution in [0.3, 0.4) is 0 Å². The van der Waals surface area contributed by atoms with Crippen molar-refractivity contribution >= 4 is 5.91 Å². The summed E-state index contributed by atoms with van der Waals surface area (Å²) in [7, 11) is 0. The number of halogens is 2. The summed E-state index contributed by atoms with van der Waals surface area (Å²) in [6.07, 6.45) is 3.00. The molecule has 0 unspecified atom stereocenters. The number of nitrogens with one attached hydrogen (secondary N) is 1. The monoisotopic (exact) mass is 319 g/mol. The average molecular weight is 319 g/mol. The third-order valence-electron chi connectivity index (χ3n) is 3.96. The van der Waals surface area contributed by atoms with Gasteiger partial charge in [0, 0.05) is 42.5 Å². The Bertz CT molecular complexity index is 771. The van der Waals surface area contributed by atoms with Gasteiger partial charge in [0.1, 0.15) is 11.6 Å². The highest BCUT2D eigenvalue weighted by molar-refractivity contribution is 5.94. The fraction of sp³-hybridized carbons (Fsp3) is 0.312. The van der Waals surface area contributed by atoms with Gasteiger partial charge in [0.15, 0.2) is 0 Å². The zero-order valence-electron chi connectivity index (χ0n) is 12.3. The highest BCUT2D eigenvalue weighted by Crippen LogP contribution is 2.26. The Morgan fingerprint density at radius 3 is 2.70 bits per heavy atom.